The Kier molecular flexibility index (Phi) is 8.59. The maximum Gasteiger partial charge on any atom is 0.305 e. The van der Waals surface area contributed by atoms with Crippen molar-refractivity contribution in [1.82, 2.24) is 0 Å². The SMILES string of the molecule is COC(=O)CCc1c(O[C@@H]2O[C@H](CO)[C@@H](O)[C@H](O)[C@H]2O)cc2occc2c1OC(O)CC(C)(C)O. The first-order valence-electron chi connectivity index (χ1n) is 11.1. The number of aliphatic hydroxyl groups is 6. The van der Waals surface area contributed by atoms with E-state index in [-0.39, 0.29) is 41.9 Å². The molecule has 2 aromatic rings. The molecule has 0 saturated carbocycles. The molecule has 12 nitrogen and oxygen atoms in total. The van der Waals surface area contributed by atoms with Crippen molar-refractivity contribution in [2.45, 2.75) is 75.7 Å². The first kappa shape index (κ1) is 27.1. The van der Waals surface area contributed by atoms with Gasteiger partial charge in [0, 0.05) is 24.5 Å². The van der Waals surface area contributed by atoms with E-state index in [2.05, 4.69) is 0 Å². The van der Waals surface area contributed by atoms with Gasteiger partial charge in [0.05, 0.1) is 31.0 Å². The van der Waals surface area contributed by atoms with Crippen molar-refractivity contribution in [3.05, 3.63) is 24.0 Å². The molecule has 0 radical (unpaired) electrons. The summed E-state index contributed by atoms with van der Waals surface area (Å²) in [6.07, 6.45) is -7.90. The molecule has 0 amide bonds. The number of benzene rings is 1. The van der Waals surface area contributed by atoms with Gasteiger partial charge < -0.3 is 54.0 Å². The van der Waals surface area contributed by atoms with Crippen LogP contribution in [0.1, 0.15) is 32.3 Å². The van der Waals surface area contributed by atoms with Gasteiger partial charge in [0.1, 0.15) is 41.5 Å². The Balaban J connectivity index is 2.03. The van der Waals surface area contributed by atoms with Crippen LogP contribution in [0.15, 0.2) is 22.8 Å². The molecule has 6 atom stereocenters. The molecule has 1 fully saturated rings. The quantitative estimate of drug-likeness (QED) is 0.183. The summed E-state index contributed by atoms with van der Waals surface area (Å²) in [7, 11) is 1.23. The lowest BCUT2D eigenvalue weighted by Crippen LogP contribution is -2.60. The van der Waals surface area contributed by atoms with Crippen LogP contribution in [-0.4, -0.2) is 92.9 Å². The van der Waals surface area contributed by atoms with Crippen LogP contribution in [0, 0.1) is 0 Å². The number of hydrogen-bond acceptors (Lipinski definition) is 12. The normalized spacial score (nSPS) is 25.9. The van der Waals surface area contributed by atoms with Crippen LogP contribution < -0.4 is 9.47 Å². The van der Waals surface area contributed by atoms with Gasteiger partial charge in [0.25, 0.3) is 0 Å². The monoisotopic (exact) mass is 500 g/mol. The van der Waals surface area contributed by atoms with Gasteiger partial charge in [-0.1, -0.05) is 0 Å². The lowest BCUT2D eigenvalue weighted by molar-refractivity contribution is -0.277. The van der Waals surface area contributed by atoms with Gasteiger partial charge in [-0.25, -0.2) is 0 Å². The molecule has 0 bridgehead atoms. The molecule has 12 heteroatoms. The molecule has 1 aromatic heterocycles. The predicted molar refractivity (Wildman–Crippen MR) is 118 cm³/mol. The molecular weight excluding hydrogens is 468 g/mol. The van der Waals surface area contributed by atoms with Crippen LogP contribution in [0.2, 0.25) is 0 Å². The molecule has 1 aliphatic rings. The van der Waals surface area contributed by atoms with E-state index in [4.69, 9.17) is 23.4 Å². The minimum Gasteiger partial charge on any atom is -0.469 e. The summed E-state index contributed by atoms with van der Waals surface area (Å²) in [5.74, 6) is -0.387. The van der Waals surface area contributed by atoms with E-state index in [1.165, 1.54) is 33.3 Å². The van der Waals surface area contributed by atoms with Crippen LogP contribution >= 0.6 is 0 Å². The lowest BCUT2D eigenvalue weighted by atomic mass is 9.99. The van der Waals surface area contributed by atoms with Gasteiger partial charge >= 0.3 is 5.97 Å². The number of carbonyl (C=O) groups excluding carboxylic acids is 1. The van der Waals surface area contributed by atoms with Crippen molar-refractivity contribution in [3.8, 4) is 11.5 Å². The Hall–Kier alpha value is -2.45. The zero-order valence-electron chi connectivity index (χ0n) is 19.7. The van der Waals surface area contributed by atoms with E-state index in [1.54, 1.807) is 6.07 Å². The van der Waals surface area contributed by atoms with E-state index >= 15 is 0 Å². The van der Waals surface area contributed by atoms with E-state index in [0.717, 1.165) is 0 Å². The minimum atomic E-state index is -1.68. The summed E-state index contributed by atoms with van der Waals surface area (Å²) in [5.41, 5.74) is -0.682. The molecule has 0 aliphatic carbocycles. The van der Waals surface area contributed by atoms with Crippen LogP contribution in [-0.2, 0) is 20.7 Å². The second kappa shape index (κ2) is 11.1. The van der Waals surface area contributed by atoms with Gasteiger partial charge in [0.15, 0.2) is 6.29 Å². The third kappa shape index (κ3) is 6.41. The summed E-state index contributed by atoms with van der Waals surface area (Å²) in [6, 6.07) is 3.04. The second-order valence-corrected chi connectivity index (χ2v) is 9.00. The van der Waals surface area contributed by atoms with Crippen molar-refractivity contribution in [2.75, 3.05) is 13.7 Å². The topological polar surface area (TPSA) is 189 Å². The van der Waals surface area contributed by atoms with Crippen LogP contribution in [0.3, 0.4) is 0 Å². The standard InChI is InChI=1S/C23H32O12/c1-23(2,30)9-17(26)35-21-11(4-5-16(25)31-3)14(8-13-12(21)6-7-32-13)33-22-20(29)19(28)18(27)15(10-24)34-22/h6-8,15,17-20,22,24,26-30H,4-5,9-10H2,1-3H3/t15-,17?,18-,19+,20-,22-/m1/s1. The molecule has 1 aliphatic heterocycles. The van der Waals surface area contributed by atoms with Gasteiger partial charge in [-0.05, 0) is 26.3 Å². The van der Waals surface area contributed by atoms with Gasteiger partial charge in [0.2, 0.25) is 6.29 Å². The fourth-order valence-electron chi connectivity index (χ4n) is 3.80. The number of fused-ring (bicyclic) bond motifs is 1. The lowest BCUT2D eigenvalue weighted by Gasteiger charge is -2.39. The molecule has 0 spiro atoms. The van der Waals surface area contributed by atoms with Gasteiger partial charge in [-0.3, -0.25) is 4.79 Å². The van der Waals surface area contributed by atoms with Crippen molar-refractivity contribution < 1.29 is 58.8 Å². The highest BCUT2D eigenvalue weighted by Crippen LogP contribution is 2.41. The highest BCUT2D eigenvalue weighted by Gasteiger charge is 2.45. The van der Waals surface area contributed by atoms with Crippen molar-refractivity contribution in [2.24, 2.45) is 0 Å². The Bertz CT molecular complexity index is 994. The van der Waals surface area contributed by atoms with E-state index < -0.39 is 55.2 Å². The summed E-state index contributed by atoms with van der Waals surface area (Å²) < 4.78 is 27.2. The summed E-state index contributed by atoms with van der Waals surface area (Å²) in [6.45, 7) is 2.36. The third-order valence-corrected chi connectivity index (χ3v) is 5.60. The molecule has 6 N–H and O–H groups in total. The van der Waals surface area contributed by atoms with Crippen molar-refractivity contribution in [1.29, 1.82) is 0 Å². The highest BCUT2D eigenvalue weighted by molar-refractivity contribution is 5.88. The zero-order chi connectivity index (χ0) is 25.9. The fourth-order valence-corrected chi connectivity index (χ4v) is 3.80. The second-order valence-electron chi connectivity index (χ2n) is 9.00. The first-order valence-corrected chi connectivity index (χ1v) is 11.1. The van der Waals surface area contributed by atoms with Crippen LogP contribution in [0.25, 0.3) is 11.0 Å². The number of rotatable bonds is 10. The Morgan fingerprint density at radius 1 is 1.20 bits per heavy atom. The van der Waals surface area contributed by atoms with E-state index in [0.29, 0.717) is 5.39 Å². The molecule has 35 heavy (non-hydrogen) atoms. The van der Waals surface area contributed by atoms with Crippen molar-refractivity contribution >= 4 is 16.9 Å². The highest BCUT2D eigenvalue weighted by atomic mass is 16.7. The van der Waals surface area contributed by atoms with Gasteiger partial charge in [-0.15, -0.1) is 0 Å². The average molecular weight is 500 g/mol. The molecule has 3 rings (SSSR count). The van der Waals surface area contributed by atoms with E-state index in [9.17, 15) is 35.4 Å². The number of furan rings is 1. The number of carbonyl (C=O) groups is 1. The largest absolute Gasteiger partial charge is 0.469 e. The molecule has 1 aromatic carbocycles. The number of aliphatic hydroxyl groups excluding tert-OH is 5. The van der Waals surface area contributed by atoms with Gasteiger partial charge in [-0.2, -0.15) is 0 Å². The number of ether oxygens (including phenoxy) is 4. The fraction of sp³-hybridized carbons (Fsp3) is 0.609. The average Bonchev–Trinajstić information content (AvgIpc) is 3.25. The maximum atomic E-state index is 11.9. The van der Waals surface area contributed by atoms with E-state index in [1.807, 2.05) is 0 Å². The Labute approximate surface area is 201 Å². The smallest absolute Gasteiger partial charge is 0.305 e. The van der Waals surface area contributed by atoms with Crippen molar-refractivity contribution in [3.63, 3.8) is 0 Å². The molecule has 1 saturated heterocycles. The first-order chi connectivity index (χ1) is 16.4. The predicted octanol–water partition coefficient (Wildman–Crippen LogP) is -0.425. The Morgan fingerprint density at radius 2 is 1.91 bits per heavy atom. The zero-order valence-corrected chi connectivity index (χ0v) is 19.7. The molecule has 2 heterocycles. The summed E-state index contributed by atoms with van der Waals surface area (Å²) in [4.78, 5) is 11.9. The number of esters is 1. The summed E-state index contributed by atoms with van der Waals surface area (Å²) in [5, 5.41) is 61.0. The molecule has 196 valence electrons. The minimum absolute atomic E-state index is 0.0190. The number of methoxy groups -OCH3 is 1. The molecule has 1 unspecified atom stereocenters. The Morgan fingerprint density at radius 3 is 2.54 bits per heavy atom. The number of hydrogen-bond donors (Lipinski definition) is 6. The molecular formula is C23H32O12. The summed E-state index contributed by atoms with van der Waals surface area (Å²) >= 11 is 0. The van der Waals surface area contributed by atoms with Crippen LogP contribution in [0.5, 0.6) is 11.5 Å². The third-order valence-electron chi connectivity index (χ3n) is 5.60. The van der Waals surface area contributed by atoms with Crippen LogP contribution in [0.4, 0.5) is 0 Å². The maximum absolute atomic E-state index is 11.9.